The van der Waals surface area contributed by atoms with Crippen LogP contribution in [-0.2, 0) is 16.1 Å². The summed E-state index contributed by atoms with van der Waals surface area (Å²) >= 11 is 1.26. The molecule has 3 heterocycles. The maximum absolute atomic E-state index is 13.7. The summed E-state index contributed by atoms with van der Waals surface area (Å²) in [5, 5.41) is 0. The Kier molecular flexibility index (Phi) is 8.02. The molecule has 0 aliphatic carbocycles. The van der Waals surface area contributed by atoms with Gasteiger partial charge in [0.05, 0.1) is 23.3 Å². The van der Waals surface area contributed by atoms with Gasteiger partial charge in [-0.05, 0) is 67.8 Å². The van der Waals surface area contributed by atoms with Crippen LogP contribution in [0.2, 0.25) is 0 Å². The number of ether oxygens (including phenoxy) is 5. The molecule has 0 N–H and O–H groups in total. The minimum Gasteiger partial charge on any atom is -0.490 e. The van der Waals surface area contributed by atoms with Gasteiger partial charge in [0.15, 0.2) is 27.8 Å². The second-order valence-corrected chi connectivity index (χ2v) is 10.8. The largest absolute Gasteiger partial charge is 0.490 e. The van der Waals surface area contributed by atoms with Crippen molar-refractivity contribution in [2.24, 2.45) is 4.99 Å². The third-order valence-corrected chi connectivity index (χ3v) is 8.04. The van der Waals surface area contributed by atoms with Gasteiger partial charge in [0.2, 0.25) is 6.79 Å². The summed E-state index contributed by atoms with van der Waals surface area (Å²) in [6.45, 7) is 6.59. The molecule has 4 aromatic rings. The smallest absolute Gasteiger partial charge is 0.338 e. The summed E-state index contributed by atoms with van der Waals surface area (Å²) in [5.41, 5.74) is 3.06. The lowest BCUT2D eigenvalue weighted by molar-refractivity contribution is -0.138. The minimum atomic E-state index is -0.676. The van der Waals surface area contributed by atoms with Crippen molar-refractivity contribution in [3.8, 4) is 23.0 Å². The molecule has 1 atom stereocenters. The number of thiazole rings is 1. The first-order valence-corrected chi connectivity index (χ1v) is 14.8. The fourth-order valence-electron chi connectivity index (χ4n) is 5.03. The van der Waals surface area contributed by atoms with Crippen LogP contribution in [0.25, 0.3) is 11.8 Å². The third-order valence-electron chi connectivity index (χ3n) is 7.05. The molecule has 0 bridgehead atoms. The number of hydrogen-bond acceptors (Lipinski definition) is 9. The number of rotatable bonds is 9. The molecule has 9 nitrogen and oxygen atoms in total. The predicted octanol–water partition coefficient (Wildman–Crippen LogP) is 4.61. The first-order chi connectivity index (χ1) is 21.0. The number of benzene rings is 3. The Labute approximate surface area is 251 Å². The molecule has 6 rings (SSSR count). The van der Waals surface area contributed by atoms with Crippen LogP contribution in [0.3, 0.4) is 0 Å². The molecule has 1 aromatic heterocycles. The highest BCUT2D eigenvalue weighted by atomic mass is 32.1. The quantitative estimate of drug-likeness (QED) is 0.260. The molecule has 0 radical (unpaired) electrons. The first-order valence-electron chi connectivity index (χ1n) is 14.0. The molecule has 3 aromatic carbocycles. The lowest BCUT2D eigenvalue weighted by Crippen LogP contribution is -2.35. The van der Waals surface area contributed by atoms with Crippen molar-refractivity contribution in [2.75, 3.05) is 20.0 Å². The van der Waals surface area contributed by atoms with Gasteiger partial charge in [0.25, 0.3) is 5.56 Å². The molecule has 0 unspecified atom stereocenters. The van der Waals surface area contributed by atoms with Gasteiger partial charge in [-0.3, -0.25) is 9.36 Å². The van der Waals surface area contributed by atoms with Crippen LogP contribution in [0, 0.1) is 0 Å². The Morgan fingerprint density at radius 1 is 1.00 bits per heavy atom. The van der Waals surface area contributed by atoms with E-state index in [-0.39, 0.29) is 19.0 Å². The summed E-state index contributed by atoms with van der Waals surface area (Å²) in [6, 6.07) is 20.3. The SMILES string of the molecule is CCOC(=O)C1=C(C)n2c(s/c(=C\c3ccc(OCc4ccccc4)c(OCC)c3)c2=O)=N[C@@H]1c1ccc2c(c1)OCO2. The Bertz CT molecular complexity index is 1890. The van der Waals surface area contributed by atoms with Gasteiger partial charge in [-0.25, -0.2) is 9.79 Å². The number of carbonyl (C=O) groups excluding carboxylic acids is 1. The van der Waals surface area contributed by atoms with Gasteiger partial charge in [-0.2, -0.15) is 0 Å². The lowest BCUT2D eigenvalue weighted by Gasteiger charge is -2.22. The van der Waals surface area contributed by atoms with E-state index in [1.807, 2.05) is 67.6 Å². The average Bonchev–Trinajstić information content (AvgIpc) is 3.61. The van der Waals surface area contributed by atoms with E-state index in [9.17, 15) is 9.59 Å². The van der Waals surface area contributed by atoms with Crippen LogP contribution in [0.5, 0.6) is 23.0 Å². The molecule has 2 aliphatic rings. The van der Waals surface area contributed by atoms with Gasteiger partial charge in [-0.15, -0.1) is 0 Å². The van der Waals surface area contributed by atoms with Crippen molar-refractivity contribution in [3.05, 3.63) is 109 Å². The predicted molar refractivity (Wildman–Crippen MR) is 162 cm³/mol. The van der Waals surface area contributed by atoms with E-state index in [2.05, 4.69) is 0 Å². The van der Waals surface area contributed by atoms with E-state index in [4.69, 9.17) is 28.7 Å². The molecule has 0 amide bonds. The number of nitrogens with zero attached hydrogens (tertiary/aromatic N) is 2. The third kappa shape index (κ3) is 5.65. The molecular formula is C33H30N2O7S. The van der Waals surface area contributed by atoms with E-state index in [0.29, 0.717) is 56.8 Å². The van der Waals surface area contributed by atoms with E-state index < -0.39 is 12.0 Å². The summed E-state index contributed by atoms with van der Waals surface area (Å²) < 4.78 is 30.3. The topological polar surface area (TPSA) is 97.6 Å². The standard InChI is InChI=1S/C33H30N2O7S/c1-4-38-26-15-22(11-13-24(26)40-18-21-9-7-6-8-10-21)16-28-31(36)35-20(3)29(32(37)39-5-2)30(34-33(35)43-28)23-12-14-25-27(17-23)42-19-41-25/h6-17,30H,4-5,18-19H2,1-3H3/b28-16-/t30-/m1/s1. The van der Waals surface area contributed by atoms with Crippen molar-refractivity contribution in [1.82, 2.24) is 4.57 Å². The van der Waals surface area contributed by atoms with Crippen LogP contribution in [-0.4, -0.2) is 30.5 Å². The molecule has 220 valence electrons. The summed E-state index contributed by atoms with van der Waals surface area (Å²) in [6.07, 6.45) is 1.80. The highest BCUT2D eigenvalue weighted by Crippen LogP contribution is 2.39. The highest BCUT2D eigenvalue weighted by Gasteiger charge is 2.32. The average molecular weight is 599 g/mol. The van der Waals surface area contributed by atoms with E-state index in [1.165, 1.54) is 15.9 Å². The van der Waals surface area contributed by atoms with Crippen molar-refractivity contribution < 1.29 is 28.5 Å². The monoisotopic (exact) mass is 598 g/mol. The van der Waals surface area contributed by atoms with Crippen LogP contribution in [0.1, 0.15) is 43.5 Å². The van der Waals surface area contributed by atoms with Gasteiger partial charge in [0, 0.05) is 5.70 Å². The van der Waals surface area contributed by atoms with E-state index in [0.717, 1.165) is 16.7 Å². The molecule has 10 heteroatoms. The number of hydrogen-bond donors (Lipinski definition) is 0. The fraction of sp³-hybridized carbons (Fsp3) is 0.242. The van der Waals surface area contributed by atoms with Gasteiger partial charge < -0.3 is 23.7 Å². The number of allylic oxidation sites excluding steroid dienone is 1. The summed E-state index contributed by atoms with van der Waals surface area (Å²) in [7, 11) is 0. The number of fused-ring (bicyclic) bond motifs is 2. The zero-order chi connectivity index (χ0) is 29.9. The van der Waals surface area contributed by atoms with Crippen LogP contribution in [0.15, 0.2) is 82.1 Å². The van der Waals surface area contributed by atoms with Gasteiger partial charge >= 0.3 is 5.97 Å². The molecular weight excluding hydrogens is 568 g/mol. The molecule has 43 heavy (non-hydrogen) atoms. The number of aromatic nitrogens is 1. The second kappa shape index (κ2) is 12.2. The Hall–Kier alpha value is -4.83. The van der Waals surface area contributed by atoms with Gasteiger partial charge in [0.1, 0.15) is 12.6 Å². The maximum atomic E-state index is 13.7. The van der Waals surface area contributed by atoms with Crippen LogP contribution < -0.4 is 33.8 Å². The normalized spacial score (nSPS) is 15.6. The van der Waals surface area contributed by atoms with Crippen molar-refractivity contribution in [3.63, 3.8) is 0 Å². The lowest BCUT2D eigenvalue weighted by atomic mass is 9.96. The Morgan fingerprint density at radius 3 is 2.60 bits per heavy atom. The van der Waals surface area contributed by atoms with Crippen molar-refractivity contribution in [1.29, 1.82) is 0 Å². The maximum Gasteiger partial charge on any atom is 0.338 e. The van der Waals surface area contributed by atoms with E-state index >= 15 is 0 Å². The fourth-order valence-corrected chi connectivity index (χ4v) is 6.07. The Morgan fingerprint density at radius 2 is 1.81 bits per heavy atom. The van der Waals surface area contributed by atoms with Crippen LogP contribution in [0.4, 0.5) is 0 Å². The zero-order valence-electron chi connectivity index (χ0n) is 24.0. The number of esters is 1. The summed E-state index contributed by atoms with van der Waals surface area (Å²) in [5.74, 6) is 1.89. The minimum absolute atomic E-state index is 0.134. The molecule has 0 saturated heterocycles. The van der Waals surface area contributed by atoms with Crippen molar-refractivity contribution in [2.45, 2.75) is 33.4 Å². The highest BCUT2D eigenvalue weighted by molar-refractivity contribution is 7.07. The molecule has 0 saturated carbocycles. The molecule has 0 fully saturated rings. The van der Waals surface area contributed by atoms with Crippen LogP contribution >= 0.6 is 11.3 Å². The van der Waals surface area contributed by atoms with Gasteiger partial charge in [-0.1, -0.05) is 53.8 Å². The second-order valence-electron chi connectivity index (χ2n) is 9.81. The Balaban J connectivity index is 1.40. The van der Waals surface area contributed by atoms with E-state index in [1.54, 1.807) is 26.0 Å². The first kappa shape index (κ1) is 28.3. The van der Waals surface area contributed by atoms with Crippen molar-refractivity contribution >= 4 is 29.1 Å². The number of carbonyl (C=O) groups is 1. The molecule has 0 spiro atoms. The zero-order valence-corrected chi connectivity index (χ0v) is 24.8. The summed E-state index contributed by atoms with van der Waals surface area (Å²) in [4.78, 5) is 32.2. The molecule has 2 aliphatic heterocycles.